The molecule has 2 amide bonds. The van der Waals surface area contributed by atoms with Gasteiger partial charge in [-0.05, 0) is 49.6 Å². The Morgan fingerprint density at radius 2 is 2.12 bits per heavy atom. The van der Waals surface area contributed by atoms with Gasteiger partial charge in [0.1, 0.15) is 0 Å². The summed E-state index contributed by atoms with van der Waals surface area (Å²) in [6.07, 6.45) is 2.83. The second-order valence-corrected chi connectivity index (χ2v) is 6.35. The van der Waals surface area contributed by atoms with E-state index >= 15 is 0 Å². The maximum Gasteiger partial charge on any atom is 0.321 e. The predicted molar refractivity (Wildman–Crippen MR) is 98.7 cm³/mol. The maximum atomic E-state index is 12.4. The Morgan fingerprint density at radius 1 is 1.36 bits per heavy atom. The number of hydrogen-bond donors (Lipinski definition) is 1. The molecule has 1 heterocycles. The second kappa shape index (κ2) is 10.0. The first-order valence-electron chi connectivity index (χ1n) is 8.99. The first-order chi connectivity index (χ1) is 12.1. The molecule has 0 atom stereocenters. The number of anilines is 1. The Labute approximate surface area is 150 Å². The summed E-state index contributed by atoms with van der Waals surface area (Å²) in [4.78, 5) is 16.5. The number of nitrogens with one attached hydrogen (secondary N) is 1. The quantitative estimate of drug-likeness (QED) is 0.772. The molecule has 1 saturated heterocycles. The molecule has 0 aliphatic carbocycles. The maximum absolute atomic E-state index is 12.4. The van der Waals surface area contributed by atoms with E-state index in [0.717, 1.165) is 69.9 Å². The van der Waals surface area contributed by atoms with Crippen LogP contribution in [0, 0.1) is 11.3 Å². The summed E-state index contributed by atoms with van der Waals surface area (Å²) >= 11 is 0. The Bertz CT molecular complexity index is 606. The Morgan fingerprint density at radius 3 is 2.80 bits per heavy atom. The van der Waals surface area contributed by atoms with Gasteiger partial charge in [-0.2, -0.15) is 5.26 Å². The summed E-state index contributed by atoms with van der Waals surface area (Å²) < 4.78 is 5.35. The number of carbonyl (C=O) groups is 1. The molecule has 1 aliphatic heterocycles. The van der Waals surface area contributed by atoms with Gasteiger partial charge in [0.25, 0.3) is 0 Å². The molecule has 1 aliphatic rings. The molecule has 1 N–H and O–H groups in total. The number of aryl methyl sites for hydroxylation is 1. The van der Waals surface area contributed by atoms with Crippen LogP contribution >= 0.6 is 0 Å². The van der Waals surface area contributed by atoms with Gasteiger partial charge in [0, 0.05) is 32.4 Å². The van der Waals surface area contributed by atoms with Gasteiger partial charge in [-0.1, -0.05) is 6.92 Å². The van der Waals surface area contributed by atoms with Crippen LogP contribution < -0.4 is 5.32 Å². The van der Waals surface area contributed by atoms with E-state index in [4.69, 9.17) is 10.00 Å². The van der Waals surface area contributed by atoms with Crippen LogP contribution in [0.25, 0.3) is 0 Å². The summed E-state index contributed by atoms with van der Waals surface area (Å²) in [6, 6.07) is 7.40. The van der Waals surface area contributed by atoms with Crippen molar-refractivity contribution in [2.75, 3.05) is 51.8 Å². The lowest BCUT2D eigenvalue weighted by molar-refractivity contribution is 0.0370. The minimum atomic E-state index is -0.106. The van der Waals surface area contributed by atoms with Crippen molar-refractivity contribution in [2.24, 2.45) is 0 Å². The molecule has 0 saturated carbocycles. The highest BCUT2D eigenvalue weighted by Crippen LogP contribution is 2.18. The van der Waals surface area contributed by atoms with Crippen molar-refractivity contribution in [3.8, 4) is 6.07 Å². The zero-order valence-corrected chi connectivity index (χ0v) is 15.3. The standard InChI is InChI=1S/C19H28N4O2/c1-3-17-14-16(15-20)6-7-18(17)21-19(24)22(2)8-4-5-9-23-10-12-25-13-11-23/h6-7,14H,3-5,8-13H2,1-2H3,(H,21,24). The summed E-state index contributed by atoms with van der Waals surface area (Å²) in [7, 11) is 1.82. The lowest BCUT2D eigenvalue weighted by Crippen LogP contribution is -2.37. The van der Waals surface area contributed by atoms with Gasteiger partial charge in [0.2, 0.25) is 0 Å². The minimum Gasteiger partial charge on any atom is -0.379 e. The summed E-state index contributed by atoms with van der Waals surface area (Å²) in [5, 5.41) is 11.9. The number of nitrogens with zero attached hydrogens (tertiary/aromatic N) is 3. The molecular formula is C19H28N4O2. The molecule has 25 heavy (non-hydrogen) atoms. The highest BCUT2D eigenvalue weighted by molar-refractivity contribution is 5.90. The third kappa shape index (κ3) is 6.04. The first kappa shape index (κ1) is 19.2. The van der Waals surface area contributed by atoms with Gasteiger partial charge >= 0.3 is 6.03 Å². The molecular weight excluding hydrogens is 316 g/mol. The van der Waals surface area contributed by atoms with E-state index in [0.29, 0.717) is 5.56 Å². The van der Waals surface area contributed by atoms with E-state index < -0.39 is 0 Å². The Kier molecular flexibility index (Phi) is 7.71. The molecule has 1 fully saturated rings. The molecule has 6 heteroatoms. The van der Waals surface area contributed by atoms with Crippen molar-refractivity contribution in [2.45, 2.75) is 26.2 Å². The van der Waals surface area contributed by atoms with Crippen LogP contribution in [0.3, 0.4) is 0 Å². The highest BCUT2D eigenvalue weighted by Gasteiger charge is 2.12. The fourth-order valence-electron chi connectivity index (χ4n) is 2.90. The fraction of sp³-hybridized carbons (Fsp3) is 0.579. The minimum absolute atomic E-state index is 0.106. The van der Waals surface area contributed by atoms with Crippen LogP contribution in [0.2, 0.25) is 0 Å². The van der Waals surface area contributed by atoms with Gasteiger partial charge in [0.15, 0.2) is 0 Å². The lowest BCUT2D eigenvalue weighted by Gasteiger charge is -2.26. The van der Waals surface area contributed by atoms with Crippen LogP contribution in [-0.2, 0) is 11.2 Å². The van der Waals surface area contributed by atoms with Gasteiger partial charge in [-0.25, -0.2) is 4.79 Å². The smallest absolute Gasteiger partial charge is 0.321 e. The topological polar surface area (TPSA) is 68.6 Å². The van der Waals surface area contributed by atoms with Crippen molar-refractivity contribution in [3.05, 3.63) is 29.3 Å². The van der Waals surface area contributed by atoms with Gasteiger partial charge < -0.3 is 15.0 Å². The largest absolute Gasteiger partial charge is 0.379 e. The number of ether oxygens (including phenoxy) is 1. The number of rotatable bonds is 7. The van der Waals surface area contributed by atoms with Gasteiger partial charge in [-0.15, -0.1) is 0 Å². The average Bonchev–Trinajstić information content (AvgIpc) is 2.66. The number of benzene rings is 1. The number of amides is 2. The summed E-state index contributed by atoms with van der Waals surface area (Å²) in [6.45, 7) is 7.48. The van der Waals surface area contributed by atoms with E-state index in [1.165, 1.54) is 0 Å². The normalized spacial score (nSPS) is 14.8. The summed E-state index contributed by atoms with van der Waals surface area (Å²) in [5.74, 6) is 0. The number of unbranched alkanes of at least 4 members (excludes halogenated alkanes) is 1. The van der Waals surface area contributed by atoms with Crippen molar-refractivity contribution >= 4 is 11.7 Å². The number of urea groups is 1. The number of hydrogen-bond acceptors (Lipinski definition) is 4. The molecule has 0 unspecified atom stereocenters. The number of carbonyl (C=O) groups excluding carboxylic acids is 1. The van der Waals surface area contributed by atoms with Crippen LogP contribution in [0.5, 0.6) is 0 Å². The van der Waals surface area contributed by atoms with E-state index in [9.17, 15) is 4.79 Å². The SMILES string of the molecule is CCc1cc(C#N)ccc1NC(=O)N(C)CCCCN1CCOCC1. The van der Waals surface area contributed by atoms with Gasteiger partial charge in [0.05, 0.1) is 24.8 Å². The molecule has 1 aromatic carbocycles. The molecule has 0 bridgehead atoms. The molecule has 0 aromatic heterocycles. The van der Waals surface area contributed by atoms with Crippen LogP contribution in [-0.4, -0.2) is 62.3 Å². The lowest BCUT2D eigenvalue weighted by atomic mass is 10.1. The number of morpholine rings is 1. The van der Waals surface area contributed by atoms with Crippen LogP contribution in [0.15, 0.2) is 18.2 Å². The Balaban J connectivity index is 1.75. The van der Waals surface area contributed by atoms with E-state index in [-0.39, 0.29) is 6.03 Å². The van der Waals surface area contributed by atoms with Crippen molar-refractivity contribution in [3.63, 3.8) is 0 Å². The van der Waals surface area contributed by atoms with Crippen LogP contribution in [0.1, 0.15) is 30.9 Å². The fourth-order valence-corrected chi connectivity index (χ4v) is 2.90. The van der Waals surface area contributed by atoms with Crippen molar-refractivity contribution in [1.82, 2.24) is 9.80 Å². The van der Waals surface area contributed by atoms with Crippen LogP contribution in [0.4, 0.5) is 10.5 Å². The molecule has 136 valence electrons. The molecule has 0 radical (unpaired) electrons. The Hall–Kier alpha value is -2.10. The van der Waals surface area contributed by atoms with Crippen molar-refractivity contribution < 1.29 is 9.53 Å². The van der Waals surface area contributed by atoms with E-state index in [2.05, 4.69) is 16.3 Å². The van der Waals surface area contributed by atoms with E-state index in [1.54, 1.807) is 11.0 Å². The zero-order valence-electron chi connectivity index (χ0n) is 15.3. The first-order valence-corrected chi connectivity index (χ1v) is 8.99. The molecule has 1 aromatic rings. The molecule has 6 nitrogen and oxygen atoms in total. The highest BCUT2D eigenvalue weighted by atomic mass is 16.5. The van der Waals surface area contributed by atoms with E-state index in [1.807, 2.05) is 26.1 Å². The third-order valence-electron chi connectivity index (χ3n) is 4.53. The second-order valence-electron chi connectivity index (χ2n) is 6.35. The van der Waals surface area contributed by atoms with Crippen molar-refractivity contribution in [1.29, 1.82) is 5.26 Å². The van der Waals surface area contributed by atoms with Gasteiger partial charge in [-0.3, -0.25) is 4.90 Å². The average molecular weight is 344 g/mol. The zero-order chi connectivity index (χ0) is 18.1. The third-order valence-corrected chi connectivity index (χ3v) is 4.53. The monoisotopic (exact) mass is 344 g/mol. The summed E-state index contributed by atoms with van der Waals surface area (Å²) in [5.41, 5.74) is 2.38. The molecule has 0 spiro atoms. The number of nitriles is 1. The molecule has 2 rings (SSSR count). The predicted octanol–water partition coefficient (Wildman–Crippen LogP) is 2.70.